The van der Waals surface area contributed by atoms with Gasteiger partial charge in [-0.3, -0.25) is 19.4 Å². The Balaban J connectivity index is 1.28. The minimum absolute atomic E-state index is 0.00170. The van der Waals surface area contributed by atoms with E-state index in [1.807, 2.05) is 12.1 Å². The molecule has 2 unspecified atom stereocenters. The molecule has 6 nitrogen and oxygen atoms in total. The van der Waals surface area contributed by atoms with Crippen LogP contribution in [-0.4, -0.2) is 66.4 Å². The average Bonchev–Trinajstić information content (AvgIpc) is 3.36. The van der Waals surface area contributed by atoms with Crippen LogP contribution in [0.25, 0.3) is 0 Å². The smallest absolute Gasteiger partial charge is 0.251 e. The number of nitrogens with one attached hydrogen (secondary N) is 2. The maximum Gasteiger partial charge on any atom is 0.251 e. The first-order chi connectivity index (χ1) is 17.8. The van der Waals surface area contributed by atoms with E-state index in [2.05, 4.69) is 47.3 Å². The number of benzene rings is 2. The molecule has 0 aliphatic carbocycles. The van der Waals surface area contributed by atoms with E-state index in [1.54, 1.807) is 13.0 Å². The molecule has 0 aromatic heterocycles. The summed E-state index contributed by atoms with van der Waals surface area (Å²) in [7, 11) is 0. The maximum atomic E-state index is 13.5. The molecule has 7 heteroatoms. The fourth-order valence-corrected chi connectivity index (χ4v) is 5.82. The molecule has 0 spiro atoms. The van der Waals surface area contributed by atoms with E-state index in [0.717, 1.165) is 51.0 Å². The van der Waals surface area contributed by atoms with Gasteiger partial charge in [-0.25, -0.2) is 4.39 Å². The van der Waals surface area contributed by atoms with Crippen molar-refractivity contribution < 1.29 is 14.0 Å². The molecule has 0 saturated carbocycles. The van der Waals surface area contributed by atoms with Crippen molar-refractivity contribution in [2.24, 2.45) is 0 Å². The SMILES string of the molecule is CCN1CCCC1CNC(=O)c1ccc(C(C)N2CCC(NC(=O)c3ccc(F)c(C)c3)CC2)c(C)c1. The Kier molecular flexibility index (Phi) is 8.98. The van der Waals surface area contributed by atoms with Crippen molar-refractivity contribution in [1.29, 1.82) is 0 Å². The quantitative estimate of drug-likeness (QED) is 0.547. The van der Waals surface area contributed by atoms with Crippen LogP contribution in [0.15, 0.2) is 36.4 Å². The molecule has 0 radical (unpaired) electrons. The van der Waals surface area contributed by atoms with E-state index in [9.17, 15) is 14.0 Å². The summed E-state index contributed by atoms with van der Waals surface area (Å²) >= 11 is 0. The van der Waals surface area contributed by atoms with Crippen LogP contribution in [0.4, 0.5) is 4.39 Å². The highest BCUT2D eigenvalue weighted by Gasteiger charge is 2.26. The molecule has 0 bridgehead atoms. The van der Waals surface area contributed by atoms with Crippen molar-refractivity contribution in [3.8, 4) is 0 Å². The summed E-state index contributed by atoms with van der Waals surface area (Å²) in [4.78, 5) is 30.3. The Morgan fingerprint density at radius 1 is 0.973 bits per heavy atom. The molecule has 200 valence electrons. The van der Waals surface area contributed by atoms with Crippen molar-refractivity contribution in [2.45, 2.75) is 71.5 Å². The third kappa shape index (κ3) is 6.57. The van der Waals surface area contributed by atoms with Crippen molar-refractivity contribution in [3.05, 3.63) is 70.0 Å². The summed E-state index contributed by atoms with van der Waals surface area (Å²) in [5.74, 6) is -0.442. The summed E-state index contributed by atoms with van der Waals surface area (Å²) in [6, 6.07) is 11.3. The zero-order valence-corrected chi connectivity index (χ0v) is 22.6. The number of amides is 2. The molecule has 2 fully saturated rings. The molecular formula is C30H41FN4O2. The van der Waals surface area contributed by atoms with Gasteiger partial charge in [0.1, 0.15) is 5.82 Å². The molecule has 2 saturated heterocycles. The maximum absolute atomic E-state index is 13.5. The molecule has 2 aliphatic heterocycles. The summed E-state index contributed by atoms with van der Waals surface area (Å²) in [6.07, 6.45) is 4.09. The number of likely N-dealkylation sites (N-methyl/N-ethyl adjacent to an activating group) is 1. The van der Waals surface area contributed by atoms with Gasteiger partial charge in [-0.1, -0.05) is 13.0 Å². The van der Waals surface area contributed by atoms with E-state index < -0.39 is 0 Å². The zero-order valence-electron chi connectivity index (χ0n) is 22.6. The van der Waals surface area contributed by atoms with Gasteiger partial charge in [0.2, 0.25) is 0 Å². The van der Waals surface area contributed by atoms with Crippen LogP contribution in [0.1, 0.15) is 83.0 Å². The Morgan fingerprint density at radius 3 is 2.32 bits per heavy atom. The summed E-state index contributed by atoms with van der Waals surface area (Å²) < 4.78 is 13.5. The second kappa shape index (κ2) is 12.2. The van der Waals surface area contributed by atoms with Gasteiger partial charge in [-0.2, -0.15) is 0 Å². The number of rotatable bonds is 8. The number of piperidine rings is 1. The highest BCUT2D eigenvalue weighted by atomic mass is 19.1. The van der Waals surface area contributed by atoms with Crippen LogP contribution in [0.3, 0.4) is 0 Å². The Labute approximate surface area is 220 Å². The highest BCUT2D eigenvalue weighted by Crippen LogP contribution is 2.27. The Bertz CT molecular complexity index is 1110. The molecule has 2 amide bonds. The lowest BCUT2D eigenvalue weighted by Gasteiger charge is -2.37. The van der Waals surface area contributed by atoms with Crippen LogP contribution in [-0.2, 0) is 0 Å². The third-order valence-electron chi connectivity index (χ3n) is 8.22. The van der Waals surface area contributed by atoms with Crippen LogP contribution in [0, 0.1) is 19.7 Å². The number of halogens is 1. The van der Waals surface area contributed by atoms with E-state index >= 15 is 0 Å². The van der Waals surface area contributed by atoms with Gasteiger partial charge in [0.25, 0.3) is 11.8 Å². The van der Waals surface area contributed by atoms with Gasteiger partial charge in [0, 0.05) is 48.9 Å². The fourth-order valence-electron chi connectivity index (χ4n) is 5.82. The lowest BCUT2D eigenvalue weighted by atomic mass is 9.95. The highest BCUT2D eigenvalue weighted by molar-refractivity contribution is 5.95. The molecule has 2 aromatic rings. The standard InChI is InChI=1S/C30H41FN4O2/c1-5-34-14-6-7-26(34)19-32-29(36)23-8-10-27(20(2)17-23)22(4)35-15-12-25(13-16-35)33-30(37)24-9-11-28(31)21(3)18-24/h8-11,17-18,22,25-26H,5-7,12-16,19H2,1-4H3,(H,32,36)(H,33,37). The molecule has 2 N–H and O–H groups in total. The van der Waals surface area contributed by atoms with Crippen molar-refractivity contribution in [1.82, 2.24) is 20.4 Å². The van der Waals surface area contributed by atoms with E-state index in [4.69, 9.17) is 0 Å². The predicted molar refractivity (Wildman–Crippen MR) is 145 cm³/mol. The topological polar surface area (TPSA) is 64.7 Å². The lowest BCUT2D eigenvalue weighted by Crippen LogP contribution is -2.45. The van der Waals surface area contributed by atoms with Gasteiger partial charge in [0.15, 0.2) is 0 Å². The van der Waals surface area contributed by atoms with Crippen molar-refractivity contribution in [3.63, 3.8) is 0 Å². The number of carbonyl (C=O) groups excluding carboxylic acids is 2. The van der Waals surface area contributed by atoms with Crippen LogP contribution >= 0.6 is 0 Å². The molecule has 2 aliphatic rings. The molecule has 2 heterocycles. The predicted octanol–water partition coefficient (Wildman–Crippen LogP) is 4.61. The second-order valence-electron chi connectivity index (χ2n) is 10.6. The first-order valence-corrected chi connectivity index (χ1v) is 13.7. The van der Waals surface area contributed by atoms with Crippen molar-refractivity contribution in [2.75, 3.05) is 32.7 Å². The van der Waals surface area contributed by atoms with Crippen LogP contribution < -0.4 is 10.6 Å². The van der Waals surface area contributed by atoms with E-state index in [0.29, 0.717) is 29.3 Å². The van der Waals surface area contributed by atoms with Gasteiger partial charge in [0.05, 0.1) is 0 Å². The molecule has 37 heavy (non-hydrogen) atoms. The second-order valence-corrected chi connectivity index (χ2v) is 10.6. The molecule has 2 atom stereocenters. The molecule has 4 rings (SSSR count). The van der Waals surface area contributed by atoms with Gasteiger partial charge in [-0.15, -0.1) is 0 Å². The van der Waals surface area contributed by atoms with Crippen LogP contribution in [0.5, 0.6) is 0 Å². The Morgan fingerprint density at radius 2 is 1.65 bits per heavy atom. The van der Waals surface area contributed by atoms with Gasteiger partial charge in [-0.05, 0) is 107 Å². The van der Waals surface area contributed by atoms with Gasteiger partial charge >= 0.3 is 0 Å². The molecule has 2 aromatic carbocycles. The van der Waals surface area contributed by atoms with Crippen LogP contribution in [0.2, 0.25) is 0 Å². The number of hydrogen-bond acceptors (Lipinski definition) is 4. The van der Waals surface area contributed by atoms with Gasteiger partial charge < -0.3 is 10.6 Å². The largest absolute Gasteiger partial charge is 0.350 e. The monoisotopic (exact) mass is 508 g/mol. The summed E-state index contributed by atoms with van der Waals surface area (Å²) in [5, 5.41) is 6.25. The summed E-state index contributed by atoms with van der Waals surface area (Å²) in [6.45, 7) is 12.8. The number of nitrogens with zero attached hydrogens (tertiary/aromatic N) is 2. The minimum atomic E-state index is -0.296. The Hall–Kier alpha value is -2.77. The zero-order chi connectivity index (χ0) is 26.5. The number of hydrogen-bond donors (Lipinski definition) is 2. The first-order valence-electron chi connectivity index (χ1n) is 13.7. The summed E-state index contributed by atoms with van der Waals surface area (Å²) in [5.41, 5.74) is 4.05. The normalized spacial score (nSPS) is 20.1. The lowest BCUT2D eigenvalue weighted by molar-refractivity contribution is 0.0893. The fraction of sp³-hybridized carbons (Fsp3) is 0.533. The molecular weight excluding hydrogens is 467 g/mol. The third-order valence-corrected chi connectivity index (χ3v) is 8.22. The van der Waals surface area contributed by atoms with E-state index in [-0.39, 0.29) is 29.7 Å². The number of likely N-dealkylation sites (tertiary alicyclic amines) is 2. The van der Waals surface area contributed by atoms with E-state index in [1.165, 1.54) is 24.1 Å². The average molecular weight is 509 g/mol. The van der Waals surface area contributed by atoms with Crippen molar-refractivity contribution >= 4 is 11.8 Å². The minimum Gasteiger partial charge on any atom is -0.350 e. The first kappa shape index (κ1) is 27.3. The number of aryl methyl sites for hydroxylation is 2. The number of carbonyl (C=O) groups is 2.